The third-order valence-electron chi connectivity index (χ3n) is 2.81. The maximum Gasteiger partial charge on any atom is 0.224 e. The first-order valence-electron chi connectivity index (χ1n) is 6.39. The maximum atomic E-state index is 11.7. The number of benzene rings is 1. The van der Waals surface area contributed by atoms with Gasteiger partial charge in [-0.25, -0.2) is 0 Å². The number of aryl methyl sites for hydroxylation is 1. The molecule has 18 heavy (non-hydrogen) atoms. The van der Waals surface area contributed by atoms with E-state index in [0.717, 1.165) is 48.0 Å². The van der Waals surface area contributed by atoms with Crippen molar-refractivity contribution >= 4 is 27.5 Å². The summed E-state index contributed by atoms with van der Waals surface area (Å²) in [5, 5.41) is 2.91. The fourth-order valence-corrected chi connectivity index (χ4v) is 2.06. The third-order valence-corrected chi connectivity index (χ3v) is 3.67. The van der Waals surface area contributed by atoms with Crippen LogP contribution in [-0.2, 0) is 4.79 Å². The smallest absolute Gasteiger partial charge is 0.224 e. The van der Waals surface area contributed by atoms with Gasteiger partial charge < -0.3 is 11.1 Å². The normalized spacial score (nSPS) is 10.4. The van der Waals surface area contributed by atoms with Crippen molar-refractivity contribution < 1.29 is 4.79 Å². The average molecular weight is 313 g/mol. The van der Waals surface area contributed by atoms with Crippen molar-refractivity contribution in [1.82, 2.24) is 0 Å². The molecule has 1 aromatic carbocycles. The molecule has 1 rings (SSSR count). The molecule has 0 saturated carbocycles. The van der Waals surface area contributed by atoms with Crippen LogP contribution in [-0.4, -0.2) is 12.5 Å². The molecule has 0 saturated heterocycles. The van der Waals surface area contributed by atoms with E-state index >= 15 is 0 Å². The minimum Gasteiger partial charge on any atom is -0.330 e. The van der Waals surface area contributed by atoms with E-state index in [-0.39, 0.29) is 5.91 Å². The molecule has 0 aliphatic heterocycles. The van der Waals surface area contributed by atoms with E-state index in [1.54, 1.807) is 0 Å². The Hall–Kier alpha value is -0.870. The average Bonchev–Trinajstić information content (AvgIpc) is 2.34. The summed E-state index contributed by atoms with van der Waals surface area (Å²) < 4.78 is 1.02. The molecule has 100 valence electrons. The molecule has 0 aliphatic rings. The van der Waals surface area contributed by atoms with E-state index in [9.17, 15) is 4.79 Å². The molecule has 0 aromatic heterocycles. The van der Waals surface area contributed by atoms with E-state index in [1.165, 1.54) is 0 Å². The minimum atomic E-state index is 0.0819. The molecule has 0 aliphatic carbocycles. The molecule has 0 bridgehead atoms. The summed E-state index contributed by atoms with van der Waals surface area (Å²) in [4.78, 5) is 11.7. The lowest BCUT2D eigenvalue weighted by Crippen LogP contribution is -2.11. The lowest BCUT2D eigenvalue weighted by Gasteiger charge is -2.07. The second-order valence-electron chi connectivity index (χ2n) is 4.47. The molecule has 0 fully saturated rings. The van der Waals surface area contributed by atoms with Crippen molar-refractivity contribution in [2.75, 3.05) is 11.9 Å². The zero-order chi connectivity index (χ0) is 13.4. The van der Waals surface area contributed by atoms with Gasteiger partial charge in [-0.15, -0.1) is 0 Å². The molecule has 1 amide bonds. The van der Waals surface area contributed by atoms with Crippen LogP contribution in [0.3, 0.4) is 0 Å². The summed E-state index contributed by atoms with van der Waals surface area (Å²) in [6, 6.07) is 5.84. The number of carbonyl (C=O) groups is 1. The van der Waals surface area contributed by atoms with Crippen LogP contribution in [0.4, 0.5) is 5.69 Å². The monoisotopic (exact) mass is 312 g/mol. The summed E-state index contributed by atoms with van der Waals surface area (Å²) >= 11 is 3.45. The number of nitrogens with two attached hydrogens (primary N) is 1. The Morgan fingerprint density at radius 1 is 1.28 bits per heavy atom. The first-order chi connectivity index (χ1) is 8.63. The van der Waals surface area contributed by atoms with E-state index in [1.807, 2.05) is 25.1 Å². The summed E-state index contributed by atoms with van der Waals surface area (Å²) in [7, 11) is 0. The van der Waals surface area contributed by atoms with Crippen LogP contribution in [0.15, 0.2) is 22.7 Å². The SMILES string of the molecule is Cc1ccc(NC(=O)CCCCCCN)cc1Br. The van der Waals surface area contributed by atoms with Gasteiger partial charge in [-0.1, -0.05) is 34.8 Å². The fraction of sp³-hybridized carbons (Fsp3) is 0.500. The van der Waals surface area contributed by atoms with Crippen LogP contribution in [0.25, 0.3) is 0 Å². The van der Waals surface area contributed by atoms with Crippen LogP contribution < -0.4 is 11.1 Å². The number of unbranched alkanes of at least 4 members (excludes halogenated alkanes) is 3. The largest absolute Gasteiger partial charge is 0.330 e. The van der Waals surface area contributed by atoms with Crippen molar-refractivity contribution in [3.05, 3.63) is 28.2 Å². The molecule has 4 heteroatoms. The molecule has 1 aromatic rings. The predicted molar refractivity (Wildman–Crippen MR) is 79.6 cm³/mol. The number of hydrogen-bond acceptors (Lipinski definition) is 2. The molecule has 0 atom stereocenters. The van der Waals surface area contributed by atoms with Crippen molar-refractivity contribution in [1.29, 1.82) is 0 Å². The summed E-state index contributed by atoms with van der Waals surface area (Å²) in [5.74, 6) is 0.0819. The van der Waals surface area contributed by atoms with Gasteiger partial charge in [0, 0.05) is 16.6 Å². The number of nitrogens with one attached hydrogen (secondary N) is 1. The van der Waals surface area contributed by atoms with Gasteiger partial charge in [-0.3, -0.25) is 4.79 Å². The molecule has 0 heterocycles. The van der Waals surface area contributed by atoms with E-state index in [4.69, 9.17) is 5.73 Å². The number of rotatable bonds is 7. The Kier molecular flexibility index (Phi) is 6.98. The molecule has 3 nitrogen and oxygen atoms in total. The highest BCUT2D eigenvalue weighted by Gasteiger charge is 2.03. The third kappa shape index (κ3) is 5.65. The molecule has 0 radical (unpaired) electrons. The predicted octanol–water partition coefficient (Wildman–Crippen LogP) is 3.61. The topological polar surface area (TPSA) is 55.1 Å². The highest BCUT2D eigenvalue weighted by molar-refractivity contribution is 9.10. The van der Waals surface area contributed by atoms with Crippen LogP contribution in [0.2, 0.25) is 0 Å². The second-order valence-corrected chi connectivity index (χ2v) is 5.32. The van der Waals surface area contributed by atoms with Gasteiger partial charge in [0.15, 0.2) is 0 Å². The number of anilines is 1. The van der Waals surface area contributed by atoms with Gasteiger partial charge in [0.25, 0.3) is 0 Å². The number of amides is 1. The lowest BCUT2D eigenvalue weighted by atomic mass is 10.1. The maximum absolute atomic E-state index is 11.7. The summed E-state index contributed by atoms with van der Waals surface area (Å²) in [6.07, 6.45) is 4.74. The van der Waals surface area contributed by atoms with Gasteiger partial charge in [0.05, 0.1) is 0 Å². The van der Waals surface area contributed by atoms with Crippen molar-refractivity contribution in [2.45, 2.75) is 39.0 Å². The molecule has 0 spiro atoms. The van der Waals surface area contributed by atoms with Crippen molar-refractivity contribution in [3.63, 3.8) is 0 Å². The van der Waals surface area contributed by atoms with Gasteiger partial charge in [-0.2, -0.15) is 0 Å². The summed E-state index contributed by atoms with van der Waals surface area (Å²) in [5.41, 5.74) is 7.42. The fourth-order valence-electron chi connectivity index (χ4n) is 1.68. The first kappa shape index (κ1) is 15.2. The highest BCUT2D eigenvalue weighted by Crippen LogP contribution is 2.20. The zero-order valence-electron chi connectivity index (χ0n) is 10.8. The molecule has 0 unspecified atom stereocenters. The van der Waals surface area contributed by atoms with E-state index < -0.39 is 0 Å². The van der Waals surface area contributed by atoms with Crippen LogP contribution >= 0.6 is 15.9 Å². The lowest BCUT2D eigenvalue weighted by molar-refractivity contribution is -0.116. The van der Waals surface area contributed by atoms with E-state index in [0.29, 0.717) is 6.42 Å². The zero-order valence-corrected chi connectivity index (χ0v) is 12.4. The van der Waals surface area contributed by atoms with Gasteiger partial charge in [-0.05, 0) is 44.0 Å². The van der Waals surface area contributed by atoms with Crippen molar-refractivity contribution in [3.8, 4) is 0 Å². The van der Waals surface area contributed by atoms with Crippen molar-refractivity contribution in [2.24, 2.45) is 5.73 Å². The van der Waals surface area contributed by atoms with Crippen LogP contribution in [0.5, 0.6) is 0 Å². The quantitative estimate of drug-likeness (QED) is 0.756. The van der Waals surface area contributed by atoms with Crippen LogP contribution in [0, 0.1) is 6.92 Å². The second kappa shape index (κ2) is 8.27. The Morgan fingerprint density at radius 2 is 2.00 bits per heavy atom. The van der Waals surface area contributed by atoms with Gasteiger partial charge in [0.1, 0.15) is 0 Å². The Labute approximate surface area is 117 Å². The van der Waals surface area contributed by atoms with Crippen LogP contribution in [0.1, 0.15) is 37.7 Å². The molecular weight excluding hydrogens is 292 g/mol. The van der Waals surface area contributed by atoms with Gasteiger partial charge >= 0.3 is 0 Å². The Morgan fingerprint density at radius 3 is 2.67 bits per heavy atom. The minimum absolute atomic E-state index is 0.0819. The first-order valence-corrected chi connectivity index (χ1v) is 7.19. The van der Waals surface area contributed by atoms with E-state index in [2.05, 4.69) is 21.2 Å². The number of hydrogen-bond donors (Lipinski definition) is 2. The Bertz CT molecular complexity index is 393. The summed E-state index contributed by atoms with van der Waals surface area (Å²) in [6.45, 7) is 2.76. The highest BCUT2D eigenvalue weighted by atomic mass is 79.9. The molecular formula is C14H21BrN2O. The standard InChI is InChI=1S/C14H21BrN2O/c1-11-7-8-12(10-13(11)15)17-14(18)6-4-2-3-5-9-16/h7-8,10H,2-6,9,16H2,1H3,(H,17,18). The van der Waals surface area contributed by atoms with Gasteiger partial charge in [0.2, 0.25) is 5.91 Å². The number of carbonyl (C=O) groups excluding carboxylic acids is 1. The molecule has 3 N–H and O–H groups in total. The Balaban J connectivity index is 2.29. The number of halogens is 1.